The number of rotatable bonds is 13. The summed E-state index contributed by atoms with van der Waals surface area (Å²) in [5.41, 5.74) is 0.937. The maximum atomic E-state index is 13.3. The molecule has 0 spiro atoms. The lowest BCUT2D eigenvalue weighted by Gasteiger charge is -2.23. The fourth-order valence-corrected chi connectivity index (χ4v) is 2.66. The molecule has 0 aliphatic carbocycles. The van der Waals surface area contributed by atoms with Crippen LogP contribution in [0.3, 0.4) is 0 Å². The van der Waals surface area contributed by atoms with E-state index in [2.05, 4.69) is 6.92 Å². The molecule has 0 aromatic heterocycles. The minimum Gasteiger partial charge on any atom is -0.333 e. The number of ether oxygens (including phenoxy) is 3. The summed E-state index contributed by atoms with van der Waals surface area (Å²) in [6.45, 7) is 1.55. The number of methoxy groups -OCH3 is 2. The molecule has 0 radical (unpaired) electrons. The van der Waals surface area contributed by atoms with Crippen molar-refractivity contribution in [3.8, 4) is 0 Å². The molecule has 0 N–H and O–H groups in total. The Labute approximate surface area is 140 Å². The first-order valence-corrected chi connectivity index (χ1v) is 8.65. The van der Waals surface area contributed by atoms with Gasteiger partial charge in [-0.1, -0.05) is 57.6 Å². The SMILES string of the molecule is CCCCCCCCC(Cc1cccc(F)c1)OC(OC)OC. The Morgan fingerprint density at radius 2 is 1.70 bits per heavy atom. The second kappa shape index (κ2) is 12.5. The van der Waals surface area contributed by atoms with E-state index in [0.717, 1.165) is 18.4 Å². The predicted molar refractivity (Wildman–Crippen MR) is 90.8 cm³/mol. The lowest BCUT2D eigenvalue weighted by Crippen LogP contribution is -2.27. The quantitative estimate of drug-likeness (QED) is 0.374. The molecule has 1 atom stereocenters. The molecule has 0 heterocycles. The molecular weight excluding hydrogens is 295 g/mol. The van der Waals surface area contributed by atoms with Crippen LogP contribution in [0, 0.1) is 5.82 Å². The van der Waals surface area contributed by atoms with E-state index >= 15 is 0 Å². The summed E-state index contributed by atoms with van der Waals surface area (Å²) < 4.78 is 29.5. The van der Waals surface area contributed by atoms with E-state index < -0.39 is 6.48 Å². The molecule has 3 nitrogen and oxygen atoms in total. The number of halogens is 1. The van der Waals surface area contributed by atoms with E-state index in [9.17, 15) is 4.39 Å². The van der Waals surface area contributed by atoms with Crippen LogP contribution in [0.2, 0.25) is 0 Å². The topological polar surface area (TPSA) is 27.7 Å². The molecule has 0 bridgehead atoms. The average molecular weight is 326 g/mol. The van der Waals surface area contributed by atoms with Crippen molar-refractivity contribution < 1.29 is 18.6 Å². The van der Waals surface area contributed by atoms with E-state index in [1.165, 1.54) is 38.2 Å². The van der Waals surface area contributed by atoms with E-state index in [4.69, 9.17) is 14.2 Å². The number of benzene rings is 1. The van der Waals surface area contributed by atoms with Gasteiger partial charge in [0, 0.05) is 14.2 Å². The molecule has 1 aromatic carbocycles. The van der Waals surface area contributed by atoms with Crippen molar-refractivity contribution >= 4 is 0 Å². The Bertz CT molecular complexity index is 407. The highest BCUT2D eigenvalue weighted by Gasteiger charge is 2.16. The Balaban J connectivity index is 2.48. The maximum absolute atomic E-state index is 13.3. The monoisotopic (exact) mass is 326 g/mol. The number of unbranched alkanes of at least 4 members (excludes halogenated alkanes) is 5. The smallest absolute Gasteiger partial charge is 0.271 e. The lowest BCUT2D eigenvalue weighted by atomic mass is 10.0. The third-order valence-electron chi connectivity index (χ3n) is 3.92. The van der Waals surface area contributed by atoms with Gasteiger partial charge in [0.25, 0.3) is 6.48 Å². The van der Waals surface area contributed by atoms with Crippen LogP contribution < -0.4 is 0 Å². The maximum Gasteiger partial charge on any atom is 0.271 e. The van der Waals surface area contributed by atoms with Gasteiger partial charge in [0.15, 0.2) is 0 Å². The fraction of sp³-hybridized carbons (Fsp3) is 0.684. The highest BCUT2D eigenvalue weighted by molar-refractivity contribution is 5.17. The minimum atomic E-state index is -0.673. The molecule has 0 saturated carbocycles. The van der Waals surface area contributed by atoms with Crippen LogP contribution in [-0.2, 0) is 20.6 Å². The van der Waals surface area contributed by atoms with Gasteiger partial charge in [-0.15, -0.1) is 0 Å². The zero-order valence-corrected chi connectivity index (χ0v) is 14.7. The first-order chi connectivity index (χ1) is 11.2. The van der Waals surface area contributed by atoms with Gasteiger partial charge >= 0.3 is 0 Å². The Kier molecular flexibility index (Phi) is 10.9. The molecule has 1 unspecified atom stereocenters. The van der Waals surface area contributed by atoms with Crippen LogP contribution in [0.1, 0.15) is 57.4 Å². The van der Waals surface area contributed by atoms with Crippen molar-refractivity contribution in [3.63, 3.8) is 0 Å². The van der Waals surface area contributed by atoms with Crippen LogP contribution >= 0.6 is 0 Å². The van der Waals surface area contributed by atoms with E-state index in [0.29, 0.717) is 6.42 Å². The summed E-state index contributed by atoms with van der Waals surface area (Å²) >= 11 is 0. The van der Waals surface area contributed by atoms with Gasteiger partial charge in [-0.25, -0.2) is 4.39 Å². The molecule has 0 aliphatic heterocycles. The molecule has 0 saturated heterocycles. The molecule has 0 fully saturated rings. The Morgan fingerprint density at radius 3 is 2.35 bits per heavy atom. The third-order valence-corrected chi connectivity index (χ3v) is 3.92. The van der Waals surface area contributed by atoms with Crippen molar-refractivity contribution in [2.24, 2.45) is 0 Å². The zero-order valence-electron chi connectivity index (χ0n) is 14.7. The normalized spacial score (nSPS) is 12.7. The summed E-state index contributed by atoms with van der Waals surface area (Å²) in [6, 6.07) is 6.68. The van der Waals surface area contributed by atoms with Gasteiger partial charge in [0.05, 0.1) is 6.10 Å². The van der Waals surface area contributed by atoms with Crippen molar-refractivity contribution in [2.45, 2.75) is 70.9 Å². The molecule has 23 heavy (non-hydrogen) atoms. The van der Waals surface area contributed by atoms with Crippen molar-refractivity contribution in [1.82, 2.24) is 0 Å². The first kappa shape index (κ1) is 20.1. The van der Waals surface area contributed by atoms with Crippen LogP contribution in [0.4, 0.5) is 4.39 Å². The minimum absolute atomic E-state index is 0.0344. The molecule has 1 rings (SSSR count). The molecule has 1 aromatic rings. The average Bonchev–Trinajstić information content (AvgIpc) is 2.55. The second-order valence-corrected chi connectivity index (χ2v) is 5.91. The Morgan fingerprint density at radius 1 is 1.00 bits per heavy atom. The van der Waals surface area contributed by atoms with Crippen molar-refractivity contribution in [1.29, 1.82) is 0 Å². The van der Waals surface area contributed by atoms with Gasteiger partial charge in [-0.3, -0.25) is 0 Å². The van der Waals surface area contributed by atoms with E-state index in [1.807, 2.05) is 6.07 Å². The van der Waals surface area contributed by atoms with Gasteiger partial charge in [0.2, 0.25) is 0 Å². The van der Waals surface area contributed by atoms with Gasteiger partial charge in [-0.05, 0) is 30.5 Å². The van der Waals surface area contributed by atoms with Crippen LogP contribution in [-0.4, -0.2) is 26.8 Å². The fourth-order valence-electron chi connectivity index (χ4n) is 2.66. The molecule has 4 heteroatoms. The standard InChI is InChI=1S/C19H31FO3/c1-4-5-6-7-8-9-13-18(23-19(21-2)22-3)15-16-11-10-12-17(20)14-16/h10-12,14,18-19H,4-9,13,15H2,1-3H3. The Hall–Kier alpha value is -0.970. The van der Waals surface area contributed by atoms with Crippen molar-refractivity contribution in [3.05, 3.63) is 35.6 Å². The highest BCUT2D eigenvalue weighted by Crippen LogP contribution is 2.17. The first-order valence-electron chi connectivity index (χ1n) is 8.65. The summed E-state index contributed by atoms with van der Waals surface area (Å²) in [5, 5.41) is 0. The largest absolute Gasteiger partial charge is 0.333 e. The number of hydrogen-bond donors (Lipinski definition) is 0. The highest BCUT2D eigenvalue weighted by atomic mass is 19.1. The van der Waals surface area contributed by atoms with Crippen molar-refractivity contribution in [2.75, 3.05) is 14.2 Å². The van der Waals surface area contributed by atoms with Crippen LogP contribution in [0.15, 0.2) is 24.3 Å². The van der Waals surface area contributed by atoms with Gasteiger partial charge in [0.1, 0.15) is 5.82 Å². The third kappa shape index (κ3) is 9.04. The van der Waals surface area contributed by atoms with Gasteiger partial charge in [-0.2, -0.15) is 0 Å². The molecular formula is C19H31FO3. The van der Waals surface area contributed by atoms with E-state index in [-0.39, 0.29) is 11.9 Å². The van der Waals surface area contributed by atoms with Gasteiger partial charge < -0.3 is 14.2 Å². The van der Waals surface area contributed by atoms with E-state index in [1.54, 1.807) is 26.4 Å². The zero-order chi connectivity index (χ0) is 16.9. The summed E-state index contributed by atoms with van der Waals surface area (Å²) in [5.74, 6) is -0.212. The molecule has 132 valence electrons. The second-order valence-electron chi connectivity index (χ2n) is 5.91. The lowest BCUT2D eigenvalue weighted by molar-refractivity contribution is -0.284. The van der Waals surface area contributed by atoms with Crippen LogP contribution in [0.5, 0.6) is 0 Å². The summed E-state index contributed by atoms with van der Waals surface area (Å²) in [7, 11) is 3.11. The molecule has 0 amide bonds. The summed E-state index contributed by atoms with van der Waals surface area (Å²) in [4.78, 5) is 0. The summed E-state index contributed by atoms with van der Waals surface area (Å²) in [6.07, 6.45) is 8.98. The van der Waals surface area contributed by atoms with Crippen LogP contribution in [0.25, 0.3) is 0 Å². The predicted octanol–water partition coefficient (Wildman–Crippen LogP) is 5.08. The molecule has 0 aliphatic rings. The number of hydrogen-bond acceptors (Lipinski definition) is 3.